The maximum Gasteiger partial charge on any atom is 1.00 e. The van der Waals surface area contributed by atoms with Crippen LogP contribution in [0.4, 0.5) is 0 Å². The quantitative estimate of drug-likeness (QED) is 0.264. The van der Waals surface area contributed by atoms with E-state index in [0.717, 1.165) is 0 Å². The summed E-state index contributed by atoms with van der Waals surface area (Å²) in [5.74, 6) is 0. The molecule has 5 heavy (non-hydrogen) atoms. The molecular formula is H4K4P+5. The first kappa shape index (κ1) is 29.6. The van der Waals surface area contributed by atoms with Crippen LogP contribution in [0.5, 0.6) is 0 Å². The zero-order chi connectivity index (χ0) is 0. The molecule has 0 aliphatic heterocycles. The maximum absolute atomic E-state index is 0. The largest absolute Gasteiger partial charge is 1.00 e. The zero-order valence-electron chi connectivity index (χ0n) is 5.00. The van der Waals surface area contributed by atoms with Crippen molar-refractivity contribution in [1.29, 1.82) is 0 Å². The first-order valence-electron chi connectivity index (χ1n) is 0. The Morgan fingerprint density at radius 3 is 0.400 bits per heavy atom. The Kier molecular flexibility index (Phi) is 133. The van der Waals surface area contributed by atoms with Crippen molar-refractivity contribution < 1.29 is 206 Å². The smallest absolute Gasteiger partial charge is 0.0395 e. The maximum atomic E-state index is 0. The normalized spacial score (nSPS) is 0. The van der Waals surface area contributed by atoms with Gasteiger partial charge < -0.3 is 0 Å². The van der Waals surface area contributed by atoms with E-state index in [-0.39, 0.29) is 215 Å². The Morgan fingerprint density at radius 2 is 0.400 bits per heavy atom. The summed E-state index contributed by atoms with van der Waals surface area (Å²) < 4.78 is 0. The van der Waals surface area contributed by atoms with Gasteiger partial charge in [0.1, 0.15) is 0 Å². The van der Waals surface area contributed by atoms with Crippen LogP contribution in [-0.4, -0.2) is 0 Å². The first-order chi connectivity index (χ1) is 0. The van der Waals surface area contributed by atoms with Gasteiger partial charge in [-0.25, -0.2) is 0 Å². The van der Waals surface area contributed by atoms with Crippen LogP contribution < -0.4 is 206 Å². The summed E-state index contributed by atoms with van der Waals surface area (Å²) in [4.78, 5) is 0. The third-order valence-electron chi connectivity index (χ3n) is 0. The van der Waals surface area contributed by atoms with E-state index >= 15 is 0 Å². The van der Waals surface area contributed by atoms with E-state index in [1.54, 1.807) is 0 Å². The molecule has 1 unspecified atom stereocenters. The SMILES string of the molecule is [K+].[K+].[K+].[K+].[PH4+]. The minimum atomic E-state index is 0. The third kappa shape index (κ3) is 18.2. The molecule has 0 aromatic carbocycles. The fourth-order valence-electron chi connectivity index (χ4n) is 0. The van der Waals surface area contributed by atoms with Crippen LogP contribution in [0, 0.1) is 0 Å². The van der Waals surface area contributed by atoms with Gasteiger partial charge in [-0.15, -0.1) is 0 Å². The summed E-state index contributed by atoms with van der Waals surface area (Å²) >= 11 is 0. The van der Waals surface area contributed by atoms with Gasteiger partial charge in [-0.2, -0.15) is 0 Å². The molecule has 0 nitrogen and oxygen atoms in total. The van der Waals surface area contributed by atoms with Crippen molar-refractivity contribution in [3.8, 4) is 0 Å². The van der Waals surface area contributed by atoms with Crippen LogP contribution in [0.2, 0.25) is 0 Å². The first-order valence-corrected chi connectivity index (χ1v) is 0. The van der Waals surface area contributed by atoms with E-state index in [1.807, 2.05) is 0 Å². The minimum Gasteiger partial charge on any atom is -0.0395 e. The summed E-state index contributed by atoms with van der Waals surface area (Å²) in [6, 6.07) is 0. The van der Waals surface area contributed by atoms with Crippen LogP contribution in [-0.2, 0) is 0 Å². The van der Waals surface area contributed by atoms with Crippen molar-refractivity contribution in [3.05, 3.63) is 0 Å². The average Bonchev–Trinajstić information content (AvgIpc) is 0. The molecular weight excluding hydrogens is 187 g/mol. The predicted octanol–water partition coefficient (Wildman–Crippen LogP) is -12.2. The zero-order valence-corrected chi connectivity index (χ0v) is 19.5. The second kappa shape index (κ2) is 22.4. The Hall–Kier alpha value is 6.98. The molecule has 0 bridgehead atoms. The molecule has 1 atom stereocenters. The topological polar surface area (TPSA) is 0 Å². The van der Waals surface area contributed by atoms with Gasteiger partial charge in [0.15, 0.2) is 0 Å². The van der Waals surface area contributed by atoms with E-state index in [9.17, 15) is 0 Å². The van der Waals surface area contributed by atoms with Crippen LogP contribution in [0.15, 0.2) is 0 Å². The van der Waals surface area contributed by atoms with E-state index in [1.165, 1.54) is 0 Å². The number of hydrogen-bond donors (Lipinski definition) is 0. The molecule has 0 aliphatic rings. The van der Waals surface area contributed by atoms with Gasteiger partial charge in [0, 0.05) is 0 Å². The molecule has 0 radical (unpaired) electrons. The third-order valence-corrected chi connectivity index (χ3v) is 0. The molecule has 8 valence electrons. The van der Waals surface area contributed by atoms with E-state index < -0.39 is 0 Å². The van der Waals surface area contributed by atoms with E-state index in [4.69, 9.17) is 0 Å². The molecule has 0 aromatic rings. The molecule has 0 N–H and O–H groups in total. The molecule has 0 rings (SSSR count). The molecule has 0 saturated carbocycles. The fraction of sp³-hybridized carbons (Fsp3) is 0. The van der Waals surface area contributed by atoms with E-state index in [2.05, 4.69) is 0 Å². The number of hydrogen-bond acceptors (Lipinski definition) is 0. The van der Waals surface area contributed by atoms with Crippen molar-refractivity contribution in [1.82, 2.24) is 0 Å². The summed E-state index contributed by atoms with van der Waals surface area (Å²) in [5.41, 5.74) is 0. The minimum absolute atomic E-state index is 0. The van der Waals surface area contributed by atoms with Gasteiger partial charge in [0.25, 0.3) is 0 Å². The van der Waals surface area contributed by atoms with Gasteiger partial charge in [-0.1, -0.05) is 0 Å². The predicted molar refractivity (Wildman–Crippen MR) is 12.5 cm³/mol. The van der Waals surface area contributed by atoms with Gasteiger partial charge in [0.2, 0.25) is 0 Å². The molecule has 0 fully saturated rings. The Morgan fingerprint density at radius 1 is 0.400 bits per heavy atom. The van der Waals surface area contributed by atoms with Crippen LogP contribution in [0.3, 0.4) is 0 Å². The summed E-state index contributed by atoms with van der Waals surface area (Å²) in [6.07, 6.45) is 0. The fourth-order valence-corrected chi connectivity index (χ4v) is 0. The van der Waals surface area contributed by atoms with Gasteiger partial charge in [-0.3, -0.25) is 0 Å². The van der Waals surface area contributed by atoms with E-state index in [0.29, 0.717) is 0 Å². The second-order valence-corrected chi connectivity index (χ2v) is 0. The van der Waals surface area contributed by atoms with Crippen molar-refractivity contribution in [3.63, 3.8) is 0 Å². The monoisotopic (exact) mass is 191 g/mol. The van der Waals surface area contributed by atoms with Crippen molar-refractivity contribution in [2.75, 3.05) is 0 Å². The summed E-state index contributed by atoms with van der Waals surface area (Å²) in [5, 5.41) is 0. The molecule has 0 saturated heterocycles. The Balaban J connectivity index is 0. The molecule has 0 spiro atoms. The van der Waals surface area contributed by atoms with Crippen molar-refractivity contribution >= 4 is 9.90 Å². The molecule has 0 heterocycles. The van der Waals surface area contributed by atoms with Gasteiger partial charge in [0.05, 0.1) is 0 Å². The molecule has 0 amide bonds. The number of rotatable bonds is 0. The Labute approximate surface area is 207 Å². The van der Waals surface area contributed by atoms with Gasteiger partial charge >= 0.3 is 206 Å². The Bertz CT molecular complexity index is 3.61. The molecule has 0 aliphatic carbocycles. The standard InChI is InChI=1S/4K.H3P/h;;;;1H3/q4*+1;/p+1. The molecule has 5 heteroatoms. The summed E-state index contributed by atoms with van der Waals surface area (Å²) in [6.45, 7) is 0. The summed E-state index contributed by atoms with van der Waals surface area (Å²) in [7, 11) is 0. The van der Waals surface area contributed by atoms with Crippen molar-refractivity contribution in [2.45, 2.75) is 0 Å². The second-order valence-electron chi connectivity index (χ2n) is 0. The van der Waals surface area contributed by atoms with Crippen LogP contribution >= 0.6 is 9.90 Å². The molecule has 0 aromatic heterocycles. The van der Waals surface area contributed by atoms with Crippen molar-refractivity contribution in [2.24, 2.45) is 0 Å². The van der Waals surface area contributed by atoms with Crippen LogP contribution in [0.1, 0.15) is 0 Å². The average molecular weight is 191 g/mol. The van der Waals surface area contributed by atoms with Gasteiger partial charge in [-0.05, 0) is 9.90 Å². The van der Waals surface area contributed by atoms with Crippen LogP contribution in [0.25, 0.3) is 0 Å².